The topological polar surface area (TPSA) is 74.0 Å². The van der Waals surface area contributed by atoms with Gasteiger partial charge in [-0.25, -0.2) is 0 Å². The summed E-state index contributed by atoms with van der Waals surface area (Å²) in [6, 6.07) is 8.78. The van der Waals surface area contributed by atoms with Crippen LogP contribution in [-0.2, 0) is 0 Å². The first-order valence-corrected chi connectivity index (χ1v) is 8.42. The number of methoxy groups -OCH3 is 3. The maximum absolute atomic E-state index is 12.9. The molecule has 0 fully saturated rings. The molecule has 0 atom stereocenters. The van der Waals surface area contributed by atoms with Crippen molar-refractivity contribution < 1.29 is 19.0 Å². The molecule has 144 valence electrons. The Labute approximate surface area is 160 Å². The van der Waals surface area contributed by atoms with Gasteiger partial charge in [-0.3, -0.25) is 4.79 Å². The van der Waals surface area contributed by atoms with E-state index < -0.39 is 0 Å². The van der Waals surface area contributed by atoms with Crippen molar-refractivity contribution in [3.05, 3.63) is 47.0 Å². The summed E-state index contributed by atoms with van der Waals surface area (Å²) in [7, 11) is 8.46. The lowest BCUT2D eigenvalue weighted by Crippen LogP contribution is -2.12. The third kappa shape index (κ3) is 4.34. The molecule has 2 rings (SSSR count). The molecule has 27 heavy (non-hydrogen) atoms. The number of rotatable bonds is 7. The SMILES string of the molecule is COc1cc(OC)c(OC)cc1/C=C(\C)C(=O)c1ccc(N)c(N(C)C)c1. The van der Waals surface area contributed by atoms with Crippen molar-refractivity contribution in [2.45, 2.75) is 6.92 Å². The Hall–Kier alpha value is -3.15. The van der Waals surface area contributed by atoms with Gasteiger partial charge >= 0.3 is 0 Å². The molecule has 0 unspecified atom stereocenters. The Morgan fingerprint density at radius 3 is 2.11 bits per heavy atom. The summed E-state index contributed by atoms with van der Waals surface area (Å²) in [6.07, 6.45) is 1.77. The van der Waals surface area contributed by atoms with Gasteiger partial charge in [0.15, 0.2) is 17.3 Å². The van der Waals surface area contributed by atoms with Gasteiger partial charge in [0, 0.05) is 31.3 Å². The van der Waals surface area contributed by atoms with Crippen LogP contribution >= 0.6 is 0 Å². The third-order valence-electron chi connectivity index (χ3n) is 4.24. The van der Waals surface area contributed by atoms with Crippen molar-refractivity contribution in [3.8, 4) is 17.2 Å². The first-order chi connectivity index (χ1) is 12.8. The summed E-state index contributed by atoms with van der Waals surface area (Å²) < 4.78 is 16.1. The summed E-state index contributed by atoms with van der Waals surface area (Å²) >= 11 is 0. The number of allylic oxidation sites excluding steroid dienone is 1. The molecular weight excluding hydrogens is 344 g/mol. The van der Waals surface area contributed by atoms with Crippen LogP contribution < -0.4 is 24.8 Å². The fourth-order valence-corrected chi connectivity index (χ4v) is 2.76. The van der Waals surface area contributed by atoms with Gasteiger partial charge in [0.2, 0.25) is 0 Å². The minimum Gasteiger partial charge on any atom is -0.496 e. The summed E-state index contributed by atoms with van der Waals surface area (Å²) in [4.78, 5) is 14.8. The van der Waals surface area contributed by atoms with E-state index in [0.717, 1.165) is 11.3 Å². The van der Waals surface area contributed by atoms with E-state index in [4.69, 9.17) is 19.9 Å². The molecule has 0 aromatic heterocycles. The van der Waals surface area contributed by atoms with E-state index in [-0.39, 0.29) is 5.78 Å². The van der Waals surface area contributed by atoms with E-state index in [1.807, 2.05) is 19.0 Å². The smallest absolute Gasteiger partial charge is 0.188 e. The molecule has 0 aliphatic heterocycles. The number of Topliss-reactive ketones (excluding diaryl/α,β-unsaturated/α-hetero) is 1. The van der Waals surface area contributed by atoms with Crippen LogP contribution in [0.3, 0.4) is 0 Å². The number of ketones is 1. The van der Waals surface area contributed by atoms with E-state index in [1.165, 1.54) is 0 Å². The normalized spacial score (nSPS) is 11.1. The van der Waals surface area contributed by atoms with Crippen LogP contribution in [0.5, 0.6) is 17.2 Å². The van der Waals surface area contributed by atoms with Gasteiger partial charge in [-0.05, 0) is 42.8 Å². The Morgan fingerprint density at radius 2 is 1.56 bits per heavy atom. The molecule has 6 heteroatoms. The molecule has 0 spiro atoms. The highest BCUT2D eigenvalue weighted by molar-refractivity contribution is 6.11. The number of anilines is 2. The van der Waals surface area contributed by atoms with Crippen LogP contribution in [0, 0.1) is 0 Å². The molecule has 2 aromatic carbocycles. The lowest BCUT2D eigenvalue weighted by Gasteiger charge is -2.16. The van der Waals surface area contributed by atoms with E-state index in [9.17, 15) is 4.79 Å². The highest BCUT2D eigenvalue weighted by atomic mass is 16.5. The van der Waals surface area contributed by atoms with Crippen molar-refractivity contribution >= 4 is 23.2 Å². The number of carbonyl (C=O) groups is 1. The number of nitrogens with zero attached hydrogens (tertiary/aromatic N) is 1. The minimum absolute atomic E-state index is 0.0880. The number of ether oxygens (including phenoxy) is 3. The summed E-state index contributed by atoms with van der Waals surface area (Å²) in [5.41, 5.74) is 9.27. The van der Waals surface area contributed by atoms with Crippen LogP contribution in [0.1, 0.15) is 22.8 Å². The van der Waals surface area contributed by atoms with Crippen molar-refractivity contribution in [2.75, 3.05) is 46.1 Å². The highest BCUT2D eigenvalue weighted by Crippen LogP contribution is 2.36. The highest BCUT2D eigenvalue weighted by Gasteiger charge is 2.15. The fraction of sp³-hybridized carbons (Fsp3) is 0.286. The second kappa shape index (κ2) is 8.49. The van der Waals surface area contributed by atoms with E-state index >= 15 is 0 Å². The maximum atomic E-state index is 12.9. The number of benzene rings is 2. The molecule has 0 heterocycles. The first kappa shape index (κ1) is 20.2. The van der Waals surface area contributed by atoms with Gasteiger partial charge in [-0.1, -0.05) is 0 Å². The van der Waals surface area contributed by atoms with Crippen molar-refractivity contribution in [1.29, 1.82) is 0 Å². The second-order valence-corrected chi connectivity index (χ2v) is 6.27. The monoisotopic (exact) mass is 370 g/mol. The van der Waals surface area contributed by atoms with E-state index in [0.29, 0.717) is 34.1 Å². The van der Waals surface area contributed by atoms with E-state index in [1.54, 1.807) is 64.7 Å². The maximum Gasteiger partial charge on any atom is 0.188 e. The summed E-state index contributed by atoms with van der Waals surface area (Å²) in [5, 5.41) is 0. The third-order valence-corrected chi connectivity index (χ3v) is 4.24. The average Bonchev–Trinajstić information content (AvgIpc) is 2.66. The number of nitrogens with two attached hydrogens (primary N) is 1. The van der Waals surface area contributed by atoms with Gasteiger partial charge in [-0.2, -0.15) is 0 Å². The standard InChI is InChI=1S/C21H26N2O4/c1-13(21(24)14-7-8-16(22)17(10-14)23(2)3)9-15-11-19(26-5)20(27-6)12-18(15)25-4/h7-12H,22H2,1-6H3/b13-9+. The average molecular weight is 370 g/mol. The van der Waals surface area contributed by atoms with Crippen molar-refractivity contribution in [1.82, 2.24) is 0 Å². The van der Waals surface area contributed by atoms with Crippen LogP contribution in [0.4, 0.5) is 11.4 Å². The van der Waals surface area contributed by atoms with Gasteiger partial charge in [0.25, 0.3) is 0 Å². The Kier molecular flexibility index (Phi) is 6.34. The molecule has 0 aliphatic rings. The van der Waals surface area contributed by atoms with Crippen LogP contribution in [-0.4, -0.2) is 41.2 Å². The molecule has 0 radical (unpaired) electrons. The molecule has 0 amide bonds. The number of carbonyl (C=O) groups excluding carboxylic acids is 1. The largest absolute Gasteiger partial charge is 0.496 e. The number of hydrogen-bond donors (Lipinski definition) is 1. The predicted molar refractivity (Wildman–Crippen MR) is 109 cm³/mol. The minimum atomic E-state index is -0.0880. The molecule has 6 nitrogen and oxygen atoms in total. The van der Waals surface area contributed by atoms with Gasteiger partial charge < -0.3 is 24.8 Å². The quantitative estimate of drug-likeness (QED) is 0.456. The second-order valence-electron chi connectivity index (χ2n) is 6.27. The molecule has 2 aromatic rings. The zero-order chi connectivity index (χ0) is 20.1. The molecule has 2 N–H and O–H groups in total. The Bertz CT molecular complexity index is 873. The number of hydrogen-bond acceptors (Lipinski definition) is 6. The van der Waals surface area contributed by atoms with Gasteiger partial charge in [0.1, 0.15) is 5.75 Å². The summed E-state index contributed by atoms with van der Waals surface area (Å²) in [5.74, 6) is 1.62. The lowest BCUT2D eigenvalue weighted by atomic mass is 10.0. The van der Waals surface area contributed by atoms with Crippen LogP contribution in [0.2, 0.25) is 0 Å². The molecular formula is C21H26N2O4. The number of nitrogen functional groups attached to an aromatic ring is 1. The van der Waals surface area contributed by atoms with Gasteiger partial charge in [0.05, 0.1) is 32.7 Å². The summed E-state index contributed by atoms with van der Waals surface area (Å²) in [6.45, 7) is 1.77. The van der Waals surface area contributed by atoms with Crippen molar-refractivity contribution in [3.63, 3.8) is 0 Å². The predicted octanol–water partition coefficient (Wildman–Crippen LogP) is 3.65. The molecule has 0 aliphatic carbocycles. The zero-order valence-corrected chi connectivity index (χ0v) is 16.6. The Morgan fingerprint density at radius 1 is 0.963 bits per heavy atom. The first-order valence-electron chi connectivity index (χ1n) is 8.42. The lowest BCUT2D eigenvalue weighted by molar-refractivity contribution is 0.103. The van der Waals surface area contributed by atoms with Crippen molar-refractivity contribution in [2.24, 2.45) is 0 Å². The van der Waals surface area contributed by atoms with Crippen LogP contribution in [0.15, 0.2) is 35.9 Å². The van der Waals surface area contributed by atoms with E-state index in [2.05, 4.69) is 0 Å². The van der Waals surface area contributed by atoms with Gasteiger partial charge in [-0.15, -0.1) is 0 Å². The fourth-order valence-electron chi connectivity index (χ4n) is 2.76. The molecule has 0 saturated heterocycles. The molecule has 0 saturated carbocycles. The molecule has 0 bridgehead atoms. The zero-order valence-electron chi connectivity index (χ0n) is 16.6. The van der Waals surface area contributed by atoms with Crippen LogP contribution in [0.25, 0.3) is 6.08 Å². The Balaban J connectivity index is 2.45.